The Labute approximate surface area is 215 Å². The molecule has 2 atom stereocenters. The van der Waals surface area contributed by atoms with Gasteiger partial charge in [-0.25, -0.2) is 15.2 Å². The first-order valence-electron chi connectivity index (χ1n) is 12.7. The Kier molecular flexibility index (Phi) is 8.01. The van der Waals surface area contributed by atoms with E-state index in [2.05, 4.69) is 99.3 Å². The summed E-state index contributed by atoms with van der Waals surface area (Å²) in [7, 11) is 0. The van der Waals surface area contributed by atoms with E-state index in [1.807, 2.05) is 58.7 Å². The van der Waals surface area contributed by atoms with Gasteiger partial charge in [0, 0.05) is 12.1 Å². The van der Waals surface area contributed by atoms with Crippen LogP contribution in [0.2, 0.25) is 0 Å². The van der Waals surface area contributed by atoms with Gasteiger partial charge in [0.2, 0.25) is 0 Å². The summed E-state index contributed by atoms with van der Waals surface area (Å²) in [5.74, 6) is 0. The van der Waals surface area contributed by atoms with Crippen LogP contribution in [-0.4, -0.2) is 39.0 Å². The predicted molar refractivity (Wildman–Crippen MR) is 147 cm³/mol. The van der Waals surface area contributed by atoms with E-state index >= 15 is 0 Å². The van der Waals surface area contributed by atoms with Crippen molar-refractivity contribution in [1.29, 1.82) is 0 Å². The zero-order chi connectivity index (χ0) is 25.7. The molecule has 2 amide bonds. The van der Waals surface area contributed by atoms with Gasteiger partial charge in [0.25, 0.3) is 0 Å². The lowest BCUT2D eigenvalue weighted by atomic mass is 9.94. The number of allylic oxidation sites excluding steroid dienone is 1. The van der Waals surface area contributed by atoms with Gasteiger partial charge in [-0.05, 0) is 57.4 Å². The van der Waals surface area contributed by atoms with Gasteiger partial charge in [-0.15, -0.1) is 4.68 Å². The fourth-order valence-corrected chi connectivity index (χ4v) is 4.65. The molecule has 5 nitrogen and oxygen atoms in total. The van der Waals surface area contributed by atoms with Crippen LogP contribution in [0.1, 0.15) is 62.0 Å². The number of benzene rings is 3. The molecule has 186 valence electrons. The Morgan fingerprint density at radius 1 is 0.806 bits per heavy atom. The summed E-state index contributed by atoms with van der Waals surface area (Å²) in [6.45, 7) is 10.4. The lowest BCUT2D eigenvalue weighted by molar-refractivity contribution is -0.695. The largest absolute Gasteiger partial charge is 0.388 e. The van der Waals surface area contributed by atoms with Gasteiger partial charge in [0.15, 0.2) is 12.3 Å². The van der Waals surface area contributed by atoms with E-state index in [9.17, 15) is 4.79 Å². The second-order valence-corrected chi connectivity index (χ2v) is 9.88. The van der Waals surface area contributed by atoms with E-state index in [-0.39, 0.29) is 30.2 Å². The first-order chi connectivity index (χ1) is 17.4. The molecule has 1 fully saturated rings. The molecule has 5 heteroatoms. The number of nitrogens with one attached hydrogen (secondary N) is 1. The second-order valence-electron chi connectivity index (χ2n) is 9.88. The van der Waals surface area contributed by atoms with Gasteiger partial charge >= 0.3 is 6.03 Å². The summed E-state index contributed by atoms with van der Waals surface area (Å²) in [5, 5.41) is 3.72. The van der Waals surface area contributed by atoms with Gasteiger partial charge in [-0.1, -0.05) is 95.5 Å². The number of aryl methyl sites for hydroxylation is 1. The molecule has 0 bridgehead atoms. The third-order valence-electron chi connectivity index (χ3n) is 6.30. The summed E-state index contributed by atoms with van der Waals surface area (Å²) in [6, 6.07) is 28.7. The van der Waals surface area contributed by atoms with Crippen LogP contribution in [0.4, 0.5) is 4.79 Å². The summed E-state index contributed by atoms with van der Waals surface area (Å²) < 4.78 is 2.06. The molecule has 0 spiro atoms. The van der Waals surface area contributed by atoms with Crippen LogP contribution >= 0.6 is 0 Å². The number of urea groups is 1. The number of hydrazine groups is 2. The molecule has 1 heterocycles. The van der Waals surface area contributed by atoms with Crippen molar-refractivity contribution in [2.24, 2.45) is 0 Å². The van der Waals surface area contributed by atoms with E-state index in [1.54, 1.807) is 0 Å². The summed E-state index contributed by atoms with van der Waals surface area (Å²) in [6.07, 6.45) is 6.11. The van der Waals surface area contributed by atoms with E-state index < -0.39 is 0 Å². The maximum atomic E-state index is 14.1. The maximum absolute atomic E-state index is 14.1. The number of hydrogen-bond donors (Lipinski definition) is 1. The highest BCUT2D eigenvalue weighted by Crippen LogP contribution is 2.44. The number of hydrazone groups is 1. The van der Waals surface area contributed by atoms with Crippen molar-refractivity contribution in [3.8, 4) is 0 Å². The quantitative estimate of drug-likeness (QED) is 0.293. The van der Waals surface area contributed by atoms with Crippen LogP contribution in [0, 0.1) is 6.92 Å². The van der Waals surface area contributed by atoms with Crippen molar-refractivity contribution in [2.45, 2.75) is 58.8 Å². The molecule has 3 aromatic carbocycles. The molecular formula is C31H37N4O+. The van der Waals surface area contributed by atoms with Gasteiger partial charge in [-0.2, -0.15) is 0 Å². The van der Waals surface area contributed by atoms with Crippen LogP contribution in [0.25, 0.3) is 6.08 Å². The maximum Gasteiger partial charge on any atom is 0.388 e. The second kappa shape index (κ2) is 11.4. The predicted octanol–water partition coefficient (Wildman–Crippen LogP) is 6.55. The molecule has 0 aromatic heterocycles. The molecule has 1 aliphatic heterocycles. The van der Waals surface area contributed by atoms with Crippen molar-refractivity contribution in [1.82, 2.24) is 15.4 Å². The highest BCUT2D eigenvalue weighted by Gasteiger charge is 2.53. The Balaban J connectivity index is 1.82. The first kappa shape index (κ1) is 25.4. The minimum atomic E-state index is -0.209. The molecule has 1 N–H and O–H groups in total. The number of amides is 2. The van der Waals surface area contributed by atoms with E-state index in [0.29, 0.717) is 0 Å². The van der Waals surface area contributed by atoms with E-state index in [4.69, 9.17) is 0 Å². The van der Waals surface area contributed by atoms with Crippen molar-refractivity contribution in [3.63, 3.8) is 0 Å². The van der Waals surface area contributed by atoms with Crippen molar-refractivity contribution in [3.05, 3.63) is 113 Å². The monoisotopic (exact) mass is 481 g/mol. The number of nitrogens with zero attached hydrogens (tertiary/aromatic N) is 3. The molecule has 0 saturated carbocycles. The van der Waals surface area contributed by atoms with E-state index in [0.717, 1.165) is 16.7 Å². The zero-order valence-electron chi connectivity index (χ0n) is 21.9. The molecule has 4 rings (SSSR count). The average molecular weight is 482 g/mol. The molecule has 0 aliphatic carbocycles. The highest BCUT2D eigenvalue weighted by atomic mass is 16.2. The number of rotatable bonds is 8. The Bertz CT molecular complexity index is 1200. The minimum absolute atomic E-state index is 0.0678. The summed E-state index contributed by atoms with van der Waals surface area (Å²) in [4.78, 5) is 14.1. The molecule has 36 heavy (non-hydrogen) atoms. The first-order valence-corrected chi connectivity index (χ1v) is 12.7. The zero-order valence-corrected chi connectivity index (χ0v) is 21.9. The van der Waals surface area contributed by atoms with Gasteiger partial charge < -0.3 is 0 Å². The van der Waals surface area contributed by atoms with Gasteiger partial charge in [0.05, 0.1) is 0 Å². The molecule has 3 aromatic rings. The normalized spacial score (nSPS) is 18.8. The standard InChI is InChI=1S/C31H37N4O/c1-23(2)32-34-29(27-14-8-6-9-15-27)30(28-16-10-7-11-17-28)35(31(34)36)33(24(3)4)22-12-13-26-20-18-25(5)19-21-26/h6-24,29-30,32H,1-5H3/q+1/b13-12+,33-22-/t29-,30-/m1/s1. The van der Waals surface area contributed by atoms with Crippen molar-refractivity contribution in [2.75, 3.05) is 0 Å². The number of carbonyl (C=O) groups is 1. The molecule has 1 saturated heterocycles. The fourth-order valence-electron chi connectivity index (χ4n) is 4.65. The van der Waals surface area contributed by atoms with Crippen LogP contribution < -0.4 is 5.43 Å². The van der Waals surface area contributed by atoms with E-state index in [1.165, 1.54) is 5.56 Å². The highest BCUT2D eigenvalue weighted by molar-refractivity contribution is 5.79. The van der Waals surface area contributed by atoms with Gasteiger partial charge in [0.1, 0.15) is 12.1 Å². The van der Waals surface area contributed by atoms with Crippen LogP contribution in [0.15, 0.2) is 91.0 Å². The van der Waals surface area contributed by atoms with Crippen LogP contribution in [-0.2, 0) is 0 Å². The van der Waals surface area contributed by atoms with Crippen LogP contribution in [0.5, 0.6) is 0 Å². The smallest absolute Gasteiger partial charge is 0.245 e. The minimum Gasteiger partial charge on any atom is -0.245 e. The SMILES string of the molecule is Cc1ccc(/C=C/C=[N+](/C(C)C)N2C(=O)N(NC(C)C)[C@H](c3ccccc3)[C@H]2c2ccccc2)cc1. The molecule has 0 unspecified atom stereocenters. The van der Waals surface area contributed by atoms with Crippen LogP contribution in [0.3, 0.4) is 0 Å². The lowest BCUT2D eigenvalue weighted by Crippen LogP contribution is -2.48. The lowest BCUT2D eigenvalue weighted by Gasteiger charge is -2.28. The molecular weight excluding hydrogens is 444 g/mol. The summed E-state index contributed by atoms with van der Waals surface area (Å²) in [5.41, 5.74) is 7.98. The molecule has 0 radical (unpaired) electrons. The molecule has 1 aliphatic rings. The Hall–Kier alpha value is -3.70. The fraction of sp³-hybridized carbons (Fsp3) is 0.290. The summed E-state index contributed by atoms with van der Waals surface area (Å²) >= 11 is 0. The third kappa shape index (κ3) is 5.58. The van der Waals surface area contributed by atoms with Crippen molar-refractivity contribution < 1.29 is 9.48 Å². The average Bonchev–Trinajstić information content (AvgIpc) is 3.15. The Morgan fingerprint density at radius 2 is 1.36 bits per heavy atom. The number of carbonyl (C=O) groups excluding carboxylic acids is 1. The van der Waals surface area contributed by atoms with Crippen molar-refractivity contribution >= 4 is 18.3 Å². The Morgan fingerprint density at radius 3 is 1.89 bits per heavy atom. The van der Waals surface area contributed by atoms with Gasteiger partial charge in [-0.3, -0.25) is 0 Å². The topological polar surface area (TPSA) is 38.6 Å². The number of hydrogen-bond acceptors (Lipinski definition) is 2. The third-order valence-corrected chi connectivity index (χ3v) is 6.30.